The van der Waals surface area contributed by atoms with Gasteiger partial charge in [-0.05, 0) is 294 Å². The van der Waals surface area contributed by atoms with Crippen molar-refractivity contribution in [3.63, 3.8) is 0 Å². The molecule has 9 nitrogen and oxygen atoms in total. The molecule has 0 bridgehead atoms. The Labute approximate surface area is 495 Å². The number of rotatable bonds is 4. The molecule has 0 spiro atoms. The molecule has 9 heteroatoms. The van der Waals surface area contributed by atoms with E-state index in [2.05, 4.69) is 53.8 Å². The molecule has 30 unspecified atom stereocenters. The van der Waals surface area contributed by atoms with Crippen LogP contribution in [-0.4, -0.2) is 79.2 Å². The highest BCUT2D eigenvalue weighted by molar-refractivity contribution is 5.79. The third-order valence-corrected chi connectivity index (χ3v) is 29.5. The summed E-state index contributed by atoms with van der Waals surface area (Å²) in [6.45, 7) is 0.989. The first-order valence-electron chi connectivity index (χ1n) is 35.6. The summed E-state index contributed by atoms with van der Waals surface area (Å²) < 4.78 is 35.1. The number of carbonyl (C=O) groups is 2. The summed E-state index contributed by atoms with van der Waals surface area (Å²) in [5, 5.41) is 13.9. The van der Waals surface area contributed by atoms with Crippen molar-refractivity contribution in [1.29, 1.82) is 0 Å². The minimum Gasteiger partial charge on any atom is -0.481 e. The van der Waals surface area contributed by atoms with Gasteiger partial charge < -0.3 is 34.1 Å². The summed E-state index contributed by atoms with van der Waals surface area (Å²) in [6.07, 6.45) is 37.3. The lowest BCUT2D eigenvalue weighted by atomic mass is 9.49. The van der Waals surface area contributed by atoms with E-state index in [0.29, 0.717) is 115 Å². The zero-order valence-corrected chi connectivity index (χ0v) is 49.8. The van der Waals surface area contributed by atoms with Crippen LogP contribution in [0.4, 0.5) is 4.79 Å². The van der Waals surface area contributed by atoms with E-state index in [1.54, 1.807) is 0 Å². The molecule has 4 heterocycles. The van der Waals surface area contributed by atoms with Crippen molar-refractivity contribution in [3.05, 3.63) is 59.7 Å². The summed E-state index contributed by atoms with van der Waals surface area (Å²) >= 11 is 0. The van der Waals surface area contributed by atoms with Crippen molar-refractivity contribution >= 4 is 12.1 Å². The SMILES string of the molecule is O=C(NC1C2CC3CC4CCCCC4CC3CC2CC2CC3CC4CC5CC6CC7CC8CC9CC%10CC%11CC%12C(CC%11CC%10OC9CC8CC7OC6CC5CC4OC3CC21)OCCC%12C(=O)O)OCC1c2ccccc2-c2ccccc21. The summed E-state index contributed by atoms with van der Waals surface area (Å²) in [6, 6.07) is 17.7. The van der Waals surface area contributed by atoms with Gasteiger partial charge in [0.2, 0.25) is 0 Å². The lowest BCUT2D eigenvalue weighted by molar-refractivity contribution is -0.216. The smallest absolute Gasteiger partial charge is 0.407 e. The molecule has 2 aromatic rings. The highest BCUT2D eigenvalue weighted by Crippen LogP contribution is 2.63. The van der Waals surface area contributed by atoms with E-state index in [4.69, 9.17) is 23.7 Å². The van der Waals surface area contributed by atoms with Crippen molar-refractivity contribution in [1.82, 2.24) is 5.32 Å². The number of ether oxygens (including phenoxy) is 5. The molecule has 15 fully saturated rings. The first-order chi connectivity index (χ1) is 40.7. The molecule has 1 amide bonds. The van der Waals surface area contributed by atoms with Gasteiger partial charge in [-0.3, -0.25) is 4.79 Å². The first-order valence-corrected chi connectivity index (χ1v) is 35.6. The van der Waals surface area contributed by atoms with Crippen LogP contribution in [0, 0.1) is 130 Å². The molecule has 12 aliphatic carbocycles. The zero-order valence-electron chi connectivity index (χ0n) is 49.8. The molecular formula is C74H99NO8. The second-order valence-electron chi connectivity index (χ2n) is 32.9. The topological polar surface area (TPSA) is 113 Å². The molecule has 30 atom stereocenters. The Morgan fingerprint density at radius 1 is 0.410 bits per heavy atom. The molecule has 4 aliphatic heterocycles. The van der Waals surface area contributed by atoms with Crippen LogP contribution in [0.25, 0.3) is 11.1 Å². The highest BCUT2D eigenvalue weighted by atomic mass is 16.5. The van der Waals surface area contributed by atoms with Gasteiger partial charge in [-0.1, -0.05) is 74.2 Å². The van der Waals surface area contributed by atoms with Crippen LogP contribution in [-0.2, 0) is 28.5 Å². The number of hydrogen-bond donors (Lipinski definition) is 2. The molecule has 18 rings (SSSR count). The van der Waals surface area contributed by atoms with Gasteiger partial charge in [0.1, 0.15) is 6.61 Å². The van der Waals surface area contributed by atoms with E-state index in [0.717, 1.165) is 84.9 Å². The van der Waals surface area contributed by atoms with Gasteiger partial charge in [0.05, 0.1) is 48.6 Å². The number of aliphatic carboxylic acids is 1. The molecule has 448 valence electrons. The largest absolute Gasteiger partial charge is 0.481 e. The monoisotopic (exact) mass is 1130 g/mol. The van der Waals surface area contributed by atoms with Crippen molar-refractivity contribution in [2.75, 3.05) is 13.2 Å². The molecule has 0 aromatic heterocycles. The summed E-state index contributed by atoms with van der Waals surface area (Å²) in [4.78, 5) is 26.8. The molecule has 83 heavy (non-hydrogen) atoms. The molecule has 11 saturated carbocycles. The number of hydrogen-bond acceptors (Lipinski definition) is 7. The predicted octanol–water partition coefficient (Wildman–Crippen LogP) is 14.9. The Hall–Kier alpha value is -2.98. The maximum absolute atomic E-state index is 14.5. The maximum Gasteiger partial charge on any atom is 0.407 e. The van der Waals surface area contributed by atoms with Crippen LogP contribution in [0.1, 0.15) is 190 Å². The Balaban J connectivity index is 0.525. The van der Waals surface area contributed by atoms with Gasteiger partial charge in [-0.15, -0.1) is 0 Å². The molecule has 2 aromatic carbocycles. The van der Waals surface area contributed by atoms with Gasteiger partial charge in [0, 0.05) is 18.6 Å². The van der Waals surface area contributed by atoms with E-state index < -0.39 is 5.97 Å². The molecular weight excluding hydrogens is 1030 g/mol. The summed E-state index contributed by atoms with van der Waals surface area (Å²) in [7, 11) is 0. The third-order valence-electron chi connectivity index (χ3n) is 29.5. The standard InChI is InChI=1S/C74H99NO8/c76-73(77)60-13-14-79-71-35-47-34-68-54(22-44(47)29-63(60)71)26-52-20-41-18-50-25-51-19-42-21-53-27-55-24-49-23-48-17-40-15-38-7-1-2-8-39(38)16-43(40)28-61(48)72(75-74(78)80-37-64-58-11-5-3-9-56(58)57-10-4-6-12-59(57)64)62(49)36-70(55)83-69(53)33-46(42)32-66(51)81-65(50)30-45(41)31-67(52)82-68/h3-6,9-12,38-55,60-72H,1-2,7-8,13-37H2,(H,75,78)(H,76,77). The Kier molecular flexibility index (Phi) is 13.5. The predicted molar refractivity (Wildman–Crippen MR) is 317 cm³/mol. The zero-order chi connectivity index (χ0) is 54.8. The lowest BCUT2D eigenvalue weighted by Gasteiger charge is -2.60. The number of carboxylic acid groups (broad SMARTS) is 1. The van der Waals surface area contributed by atoms with Gasteiger partial charge in [0.25, 0.3) is 0 Å². The number of alkyl carbamates (subject to hydrolysis) is 1. The molecule has 0 radical (unpaired) electrons. The number of nitrogens with one attached hydrogen (secondary N) is 1. The highest BCUT2D eigenvalue weighted by Gasteiger charge is 2.59. The van der Waals surface area contributed by atoms with Crippen molar-refractivity contribution in [3.8, 4) is 11.1 Å². The van der Waals surface area contributed by atoms with E-state index in [1.165, 1.54) is 164 Å². The molecule has 16 aliphatic rings. The number of fused-ring (bicyclic) bond motifs is 17. The van der Waals surface area contributed by atoms with Crippen LogP contribution < -0.4 is 5.32 Å². The average molecular weight is 1130 g/mol. The fourth-order valence-electron chi connectivity index (χ4n) is 26.1. The van der Waals surface area contributed by atoms with Crippen molar-refractivity contribution in [2.24, 2.45) is 130 Å². The van der Waals surface area contributed by atoms with Crippen LogP contribution >= 0.6 is 0 Å². The molecule has 2 N–H and O–H groups in total. The maximum atomic E-state index is 14.5. The normalized spacial score (nSPS) is 51.4. The molecule has 4 saturated heterocycles. The minimum atomic E-state index is -0.598. The summed E-state index contributed by atoms with van der Waals surface area (Å²) in [5.74, 6) is 14.0. The quantitative estimate of drug-likeness (QED) is 0.311. The van der Waals surface area contributed by atoms with E-state index >= 15 is 0 Å². The van der Waals surface area contributed by atoms with Crippen LogP contribution in [0.5, 0.6) is 0 Å². The lowest BCUT2D eigenvalue weighted by Crippen LogP contribution is -2.60. The average Bonchev–Trinajstić information content (AvgIpc) is 3.75. The van der Waals surface area contributed by atoms with Crippen LogP contribution in [0.15, 0.2) is 48.5 Å². The van der Waals surface area contributed by atoms with Crippen molar-refractivity contribution in [2.45, 2.75) is 228 Å². The van der Waals surface area contributed by atoms with E-state index in [1.807, 2.05) is 0 Å². The number of carbonyl (C=O) groups excluding carboxylic acids is 1. The Morgan fingerprint density at radius 2 is 0.783 bits per heavy atom. The van der Waals surface area contributed by atoms with Gasteiger partial charge in [-0.25, -0.2) is 4.79 Å². The van der Waals surface area contributed by atoms with Gasteiger partial charge >= 0.3 is 12.1 Å². The van der Waals surface area contributed by atoms with E-state index in [-0.39, 0.29) is 36.0 Å². The van der Waals surface area contributed by atoms with E-state index in [9.17, 15) is 14.7 Å². The minimum absolute atomic E-state index is 0.0718. The number of amides is 1. The fraction of sp³-hybridized carbons (Fsp3) is 0.811. The Bertz CT molecular complexity index is 2720. The van der Waals surface area contributed by atoms with Crippen LogP contribution in [0.3, 0.4) is 0 Å². The fourth-order valence-corrected chi connectivity index (χ4v) is 26.1. The number of carboxylic acids is 1. The second kappa shape index (κ2) is 21.1. The Morgan fingerprint density at radius 3 is 1.29 bits per heavy atom. The van der Waals surface area contributed by atoms with Crippen molar-refractivity contribution < 1.29 is 38.4 Å². The second-order valence-corrected chi connectivity index (χ2v) is 32.9. The first kappa shape index (κ1) is 53.1. The third kappa shape index (κ3) is 9.26. The van der Waals surface area contributed by atoms with Gasteiger partial charge in [0.15, 0.2) is 0 Å². The van der Waals surface area contributed by atoms with Crippen LogP contribution in [0.2, 0.25) is 0 Å². The number of benzene rings is 2. The van der Waals surface area contributed by atoms with Gasteiger partial charge in [-0.2, -0.15) is 0 Å². The summed E-state index contributed by atoms with van der Waals surface area (Å²) in [5.41, 5.74) is 5.13.